The number of rotatable bonds is 6. The quantitative estimate of drug-likeness (QED) is 0.607. The molecule has 1 atom stereocenters. The Labute approximate surface area is 147 Å². The first-order valence-electron chi connectivity index (χ1n) is 7.37. The monoisotopic (exact) mass is 388 g/mol. The molecular formula is C16H15F3N2O4S. The SMILES string of the molecule is Cc1ccc(S(=O)(=O)NC(C[N+](=O)[O-])c2ccc(C(F)(F)F)cc2)cc1. The van der Waals surface area contributed by atoms with Crippen molar-refractivity contribution < 1.29 is 26.5 Å². The highest BCUT2D eigenvalue weighted by Crippen LogP contribution is 2.30. The molecule has 2 aromatic carbocycles. The molecule has 0 heterocycles. The van der Waals surface area contributed by atoms with Crippen molar-refractivity contribution in [2.75, 3.05) is 6.54 Å². The predicted octanol–water partition coefficient (Wildman–Crippen LogP) is 3.31. The molecule has 26 heavy (non-hydrogen) atoms. The molecule has 1 N–H and O–H groups in total. The Balaban J connectivity index is 2.32. The van der Waals surface area contributed by atoms with E-state index < -0.39 is 39.3 Å². The van der Waals surface area contributed by atoms with Crippen LogP contribution in [0.3, 0.4) is 0 Å². The zero-order valence-corrected chi connectivity index (χ0v) is 14.3. The van der Waals surface area contributed by atoms with Crippen molar-refractivity contribution in [3.05, 3.63) is 75.3 Å². The lowest BCUT2D eigenvalue weighted by Crippen LogP contribution is -2.33. The fourth-order valence-electron chi connectivity index (χ4n) is 2.24. The van der Waals surface area contributed by atoms with Crippen molar-refractivity contribution in [3.8, 4) is 0 Å². The van der Waals surface area contributed by atoms with Gasteiger partial charge < -0.3 is 0 Å². The summed E-state index contributed by atoms with van der Waals surface area (Å²) in [6.45, 7) is 0.956. The van der Waals surface area contributed by atoms with E-state index in [-0.39, 0.29) is 10.5 Å². The number of nitrogens with one attached hydrogen (secondary N) is 1. The highest BCUT2D eigenvalue weighted by molar-refractivity contribution is 7.89. The number of aryl methyl sites for hydroxylation is 1. The molecule has 140 valence electrons. The smallest absolute Gasteiger partial charge is 0.264 e. The molecule has 0 amide bonds. The van der Waals surface area contributed by atoms with Gasteiger partial charge in [0.2, 0.25) is 16.6 Å². The van der Waals surface area contributed by atoms with Crippen LogP contribution in [-0.2, 0) is 16.2 Å². The van der Waals surface area contributed by atoms with Gasteiger partial charge in [-0.3, -0.25) is 10.1 Å². The van der Waals surface area contributed by atoms with Gasteiger partial charge in [-0.1, -0.05) is 29.8 Å². The molecule has 2 rings (SSSR count). The standard InChI is InChI=1S/C16H15F3N2O4S/c1-11-2-8-14(9-3-11)26(24,25)20-15(10-21(22)23)12-4-6-13(7-5-12)16(17,18)19/h2-9,15,20H,10H2,1H3. The van der Waals surface area contributed by atoms with E-state index in [4.69, 9.17) is 0 Å². The summed E-state index contributed by atoms with van der Waals surface area (Å²) >= 11 is 0. The third-order valence-electron chi connectivity index (χ3n) is 3.60. The summed E-state index contributed by atoms with van der Waals surface area (Å²) in [5.74, 6) is 0. The van der Waals surface area contributed by atoms with E-state index in [0.29, 0.717) is 0 Å². The number of alkyl halides is 3. The average molecular weight is 388 g/mol. The van der Waals surface area contributed by atoms with Gasteiger partial charge in [0.25, 0.3) is 0 Å². The number of nitrogens with zero attached hydrogens (tertiary/aromatic N) is 1. The molecule has 0 aromatic heterocycles. The summed E-state index contributed by atoms with van der Waals surface area (Å²) in [6, 6.07) is 8.05. The van der Waals surface area contributed by atoms with Gasteiger partial charge in [-0.15, -0.1) is 0 Å². The highest BCUT2D eigenvalue weighted by atomic mass is 32.2. The maximum Gasteiger partial charge on any atom is 0.416 e. The largest absolute Gasteiger partial charge is 0.416 e. The van der Waals surface area contributed by atoms with Crippen molar-refractivity contribution in [2.45, 2.75) is 24.0 Å². The molecule has 0 saturated heterocycles. The minimum absolute atomic E-state index is 0.0605. The van der Waals surface area contributed by atoms with Crippen molar-refractivity contribution in [2.24, 2.45) is 0 Å². The topological polar surface area (TPSA) is 89.3 Å². The summed E-state index contributed by atoms with van der Waals surface area (Å²) in [5.41, 5.74) is -0.0404. The lowest BCUT2D eigenvalue weighted by molar-refractivity contribution is -0.483. The number of halogens is 3. The molecule has 0 aliphatic carbocycles. The third kappa shape index (κ3) is 5.02. The normalized spacial score (nSPS) is 13.4. The number of nitro groups is 1. The molecule has 0 fully saturated rings. The molecule has 0 radical (unpaired) electrons. The van der Waals surface area contributed by atoms with Crippen molar-refractivity contribution in [1.29, 1.82) is 0 Å². The van der Waals surface area contributed by atoms with Crippen molar-refractivity contribution in [3.63, 3.8) is 0 Å². The maximum atomic E-state index is 12.6. The van der Waals surface area contributed by atoms with Gasteiger partial charge in [0.15, 0.2) is 0 Å². The zero-order chi connectivity index (χ0) is 19.5. The second kappa shape index (κ2) is 7.42. The number of benzene rings is 2. The molecule has 0 aliphatic rings. The van der Waals surface area contributed by atoms with Crippen LogP contribution in [0.2, 0.25) is 0 Å². The van der Waals surface area contributed by atoms with Gasteiger partial charge in [-0.05, 0) is 36.8 Å². The minimum atomic E-state index is -4.56. The zero-order valence-electron chi connectivity index (χ0n) is 13.5. The Morgan fingerprint density at radius 1 is 1.08 bits per heavy atom. The predicted molar refractivity (Wildman–Crippen MR) is 87.5 cm³/mol. The molecule has 2 aromatic rings. The van der Waals surface area contributed by atoms with E-state index in [1.54, 1.807) is 19.1 Å². The summed E-state index contributed by atoms with van der Waals surface area (Å²) in [5, 5.41) is 10.9. The van der Waals surface area contributed by atoms with Gasteiger partial charge in [0.1, 0.15) is 6.04 Å². The van der Waals surface area contributed by atoms with Gasteiger partial charge in [-0.2, -0.15) is 17.9 Å². The Morgan fingerprint density at radius 3 is 2.08 bits per heavy atom. The van der Waals surface area contributed by atoms with Crippen LogP contribution in [0.1, 0.15) is 22.7 Å². The van der Waals surface area contributed by atoms with Gasteiger partial charge in [0, 0.05) is 4.92 Å². The summed E-state index contributed by atoms with van der Waals surface area (Å²) in [7, 11) is -4.09. The van der Waals surface area contributed by atoms with Crippen LogP contribution in [0.25, 0.3) is 0 Å². The first-order valence-corrected chi connectivity index (χ1v) is 8.85. The van der Waals surface area contributed by atoms with Crippen LogP contribution in [-0.4, -0.2) is 19.9 Å². The Bertz CT molecular complexity index is 879. The molecular weight excluding hydrogens is 373 g/mol. The van der Waals surface area contributed by atoms with E-state index in [9.17, 15) is 31.7 Å². The average Bonchev–Trinajstić information content (AvgIpc) is 2.53. The van der Waals surface area contributed by atoms with Crippen LogP contribution >= 0.6 is 0 Å². The van der Waals surface area contributed by atoms with Gasteiger partial charge >= 0.3 is 6.18 Å². The second-order valence-corrected chi connectivity index (χ2v) is 7.34. The molecule has 0 spiro atoms. The Hall–Kier alpha value is -2.46. The molecule has 1 unspecified atom stereocenters. The van der Waals surface area contributed by atoms with E-state index in [0.717, 1.165) is 29.8 Å². The first kappa shape index (κ1) is 19.9. The number of hydrogen-bond acceptors (Lipinski definition) is 4. The maximum absolute atomic E-state index is 12.6. The summed E-state index contributed by atoms with van der Waals surface area (Å²) < 4.78 is 64.9. The lowest BCUT2D eigenvalue weighted by atomic mass is 10.1. The number of sulfonamides is 1. The third-order valence-corrected chi connectivity index (χ3v) is 5.09. The van der Waals surface area contributed by atoms with E-state index in [2.05, 4.69) is 4.72 Å². The minimum Gasteiger partial charge on any atom is -0.264 e. The van der Waals surface area contributed by atoms with Crippen LogP contribution in [0.15, 0.2) is 53.4 Å². The van der Waals surface area contributed by atoms with Gasteiger partial charge in [-0.25, -0.2) is 8.42 Å². The van der Waals surface area contributed by atoms with E-state index in [1.807, 2.05) is 0 Å². The summed E-state index contributed by atoms with van der Waals surface area (Å²) in [6.07, 6.45) is -4.56. The van der Waals surface area contributed by atoms with Crippen molar-refractivity contribution in [1.82, 2.24) is 4.72 Å². The number of hydrogen-bond donors (Lipinski definition) is 1. The Kier molecular flexibility index (Phi) is 5.67. The molecule has 0 aliphatic heterocycles. The molecule has 6 nitrogen and oxygen atoms in total. The lowest BCUT2D eigenvalue weighted by Gasteiger charge is -2.17. The van der Waals surface area contributed by atoms with Crippen LogP contribution in [0.4, 0.5) is 13.2 Å². The highest BCUT2D eigenvalue weighted by Gasteiger charge is 2.31. The fourth-order valence-corrected chi connectivity index (χ4v) is 3.45. The molecule has 0 bridgehead atoms. The Morgan fingerprint density at radius 2 is 1.62 bits per heavy atom. The van der Waals surface area contributed by atoms with Crippen LogP contribution in [0, 0.1) is 17.0 Å². The molecule has 10 heteroatoms. The van der Waals surface area contributed by atoms with Crippen molar-refractivity contribution >= 4 is 10.0 Å². The van der Waals surface area contributed by atoms with E-state index >= 15 is 0 Å². The van der Waals surface area contributed by atoms with Crippen LogP contribution < -0.4 is 4.72 Å². The fraction of sp³-hybridized carbons (Fsp3) is 0.250. The van der Waals surface area contributed by atoms with E-state index in [1.165, 1.54) is 12.1 Å². The first-order chi connectivity index (χ1) is 12.0. The molecule has 0 saturated carbocycles. The second-order valence-electron chi connectivity index (χ2n) is 5.62. The van der Waals surface area contributed by atoms with Crippen LogP contribution in [0.5, 0.6) is 0 Å². The van der Waals surface area contributed by atoms with Gasteiger partial charge in [0.05, 0.1) is 10.5 Å². The summed E-state index contributed by atoms with van der Waals surface area (Å²) in [4.78, 5) is 10.0.